The first-order chi connectivity index (χ1) is 68.4. The highest BCUT2D eigenvalue weighted by atomic mass is 16.6. The molecule has 0 spiro atoms. The number of aliphatic hydroxyl groups excluding tert-OH is 8. The normalized spacial score (nSPS) is 29.8. The van der Waals surface area contributed by atoms with Crippen molar-refractivity contribution >= 4 is 47.8 Å². The molecule has 788 valence electrons. The van der Waals surface area contributed by atoms with Crippen LogP contribution >= 0.6 is 0 Å². The Kier molecular flexibility index (Phi) is 42.3. The van der Waals surface area contributed by atoms with Crippen LogP contribution in [0.15, 0.2) is 72.8 Å². The number of hydrogen-bond donors (Lipinski definition) is 12. The van der Waals surface area contributed by atoms with Gasteiger partial charge in [0, 0.05) is 6.42 Å². The van der Waals surface area contributed by atoms with E-state index >= 15 is 0 Å². The molecule has 0 aliphatic heterocycles. The first-order valence-electron chi connectivity index (χ1n) is 54.4. The van der Waals surface area contributed by atoms with Gasteiger partial charge in [0.2, 0.25) is 0 Å². The molecule has 0 bridgehead atoms. The van der Waals surface area contributed by atoms with Gasteiger partial charge < -0.3 is 99.2 Å². The van der Waals surface area contributed by atoms with Gasteiger partial charge in [-0.2, -0.15) is 0 Å². The largest absolute Gasteiger partial charge is 0.482 e. The number of hydrogen-bond acceptors (Lipinski definition) is 24. The predicted molar refractivity (Wildman–Crippen MR) is 529 cm³/mol. The molecule has 12 N–H and O–H groups in total. The van der Waals surface area contributed by atoms with Gasteiger partial charge in [0.1, 0.15) is 41.3 Å². The van der Waals surface area contributed by atoms with Crippen molar-refractivity contribution in [2.45, 2.75) is 384 Å². The summed E-state index contributed by atoms with van der Waals surface area (Å²) in [6, 6.07) is 23.8. The van der Waals surface area contributed by atoms with Crippen molar-refractivity contribution in [2.75, 3.05) is 33.0 Å². The molecule has 0 aromatic heterocycles. The standard InChI is InChI=1S/2C29H42O7.2C28H40O7/c1-2-3-4-7-22(30)9-10-23-24-13-19-6-5-8-27(25(19)14-20(24)15-26(23)31)35-17-28(32)36-16-18-11-21(12-18)29(33)34;1-2-3-4-7-21(30)9-10-23-24-14-19-6-5-8-27(25(19)15-20(24)16-26(23)31)35-17-29(34)36-22-11-18(12-22)13-28(32)33;2*1-2-3-4-7-20(29)9-10-22-23-13-17-6-5-8-26(24(17)14-18(23)15-25(22)30)34-16-27(31)35-21-11-19(12-21)28(32)33/h5-6,8,18,20-24,26,30-31H,2-4,7,9-17H2,1H3,(H,33,34);5-6,8,18,20-24,26,30-31H,2-4,7,9-17H2,1H3,(H,32,33);2*5-6,8,18-23,25,29-30H,2-4,7,9-16H2,1H3,(H,32,33)/t18?,20-,21?,22-,23+,24-,26+;18?,20-,21-,22?,23+,24-,26+;2*18-,19?,20-,21?,22+,23-,25+/m0000/s1. The van der Waals surface area contributed by atoms with E-state index in [9.17, 15) is 79.2 Å². The zero-order valence-electron chi connectivity index (χ0n) is 84.3. The molecule has 142 heavy (non-hydrogen) atoms. The first kappa shape index (κ1) is 111. The Morgan fingerprint density at radius 2 is 0.570 bits per heavy atom. The Hall–Kier alpha value is -8.48. The highest BCUT2D eigenvalue weighted by Gasteiger charge is 2.51. The lowest BCUT2D eigenvalue weighted by molar-refractivity contribution is -0.165. The van der Waals surface area contributed by atoms with Crippen molar-refractivity contribution in [3.63, 3.8) is 0 Å². The van der Waals surface area contributed by atoms with E-state index in [2.05, 4.69) is 52.0 Å². The van der Waals surface area contributed by atoms with Crippen molar-refractivity contribution in [2.24, 2.45) is 101 Å². The lowest BCUT2D eigenvalue weighted by atomic mass is 9.73. The van der Waals surface area contributed by atoms with E-state index in [1.54, 1.807) is 0 Å². The van der Waals surface area contributed by atoms with Crippen molar-refractivity contribution in [1.82, 2.24) is 0 Å². The number of carboxylic acid groups (broad SMARTS) is 4. The Morgan fingerprint density at radius 3 is 0.831 bits per heavy atom. The highest BCUT2D eigenvalue weighted by Crippen LogP contribution is 2.54. The monoisotopic (exact) mass is 1980 g/mol. The van der Waals surface area contributed by atoms with Crippen LogP contribution in [0.5, 0.6) is 23.0 Å². The lowest BCUT2D eigenvalue weighted by Crippen LogP contribution is -2.38. The lowest BCUT2D eigenvalue weighted by Gasteiger charge is -2.34. The van der Waals surface area contributed by atoms with Crippen LogP contribution in [-0.2, 0) is 109 Å². The number of esters is 4. The number of carbonyl (C=O) groups is 8. The molecule has 12 aliphatic rings. The molecule has 0 unspecified atom stereocenters. The van der Waals surface area contributed by atoms with Gasteiger partial charge in [-0.05, 0) is 357 Å². The second-order valence-corrected chi connectivity index (χ2v) is 44.2. The van der Waals surface area contributed by atoms with Crippen LogP contribution in [0.3, 0.4) is 0 Å². The Bertz CT molecular complexity index is 4560. The zero-order chi connectivity index (χ0) is 101. The number of unbranched alkanes of at least 4 members (excludes halogenated alkanes) is 8. The van der Waals surface area contributed by atoms with Crippen LogP contribution < -0.4 is 18.9 Å². The third-order valence-corrected chi connectivity index (χ3v) is 34.2. The quantitative estimate of drug-likeness (QED) is 0.0111. The topological polar surface area (TPSA) is 453 Å². The third-order valence-electron chi connectivity index (χ3n) is 34.2. The fraction of sp³-hybridized carbons (Fsp3) is 0.719. The van der Waals surface area contributed by atoms with Gasteiger partial charge in [0.25, 0.3) is 0 Å². The van der Waals surface area contributed by atoms with E-state index in [0.717, 1.165) is 253 Å². The summed E-state index contributed by atoms with van der Waals surface area (Å²) in [4.78, 5) is 92.3. The molecular weight excluding hydrogens is 1820 g/mol. The third kappa shape index (κ3) is 31.1. The number of fused-ring (bicyclic) bond motifs is 8. The number of aliphatic carboxylic acids is 4. The summed E-state index contributed by atoms with van der Waals surface area (Å²) >= 11 is 0. The van der Waals surface area contributed by atoms with Crippen LogP contribution in [0.25, 0.3) is 0 Å². The molecule has 0 saturated heterocycles. The van der Waals surface area contributed by atoms with Crippen LogP contribution in [0.1, 0.15) is 310 Å². The minimum Gasteiger partial charge on any atom is -0.482 e. The molecule has 0 amide bonds. The summed E-state index contributed by atoms with van der Waals surface area (Å²) in [5.41, 5.74) is 9.35. The number of rotatable bonds is 50. The Morgan fingerprint density at radius 1 is 0.310 bits per heavy atom. The molecule has 0 radical (unpaired) electrons. The predicted octanol–water partition coefficient (Wildman–Crippen LogP) is 16.3. The van der Waals surface area contributed by atoms with Crippen molar-refractivity contribution in [1.29, 1.82) is 0 Å². The van der Waals surface area contributed by atoms with E-state index in [-0.39, 0.29) is 148 Å². The number of aliphatic hydroxyl groups is 8. The van der Waals surface area contributed by atoms with E-state index in [4.69, 9.17) is 58.3 Å². The second kappa shape index (κ2) is 54.3. The van der Waals surface area contributed by atoms with Gasteiger partial charge in [0.05, 0.1) is 73.2 Å². The molecule has 28 heteroatoms. The fourth-order valence-electron chi connectivity index (χ4n) is 25.8. The van der Waals surface area contributed by atoms with E-state index in [0.29, 0.717) is 122 Å². The van der Waals surface area contributed by atoms with Gasteiger partial charge >= 0.3 is 47.8 Å². The molecule has 20 atom stereocenters. The number of carboxylic acids is 4. The molecule has 12 aliphatic carbocycles. The SMILES string of the molecule is CCCCC[C@H](O)CC[C@@H]1[C@H]2Cc3cccc(OCC(=O)OC4CC(C(=O)O)C4)c3C[C@H]2C[C@H]1O.CCCCC[C@H](O)CC[C@@H]1[C@H]2Cc3cccc(OCC(=O)OC4CC(C(=O)O)C4)c3C[C@H]2C[C@H]1O.CCCCC[C@H](O)CC[C@@H]1[C@H]2Cc3cccc(OCC(=O)OC4CC(CC(=O)O)C4)c3C[C@H]2C[C@H]1O.CCCCC[C@H](O)CC[C@@H]1[C@H]2Cc3cccc(OCC(=O)OCC4CC(C(=O)O)C4)c3C[C@H]2C[C@H]1O. The van der Waals surface area contributed by atoms with Crippen LogP contribution in [0.2, 0.25) is 0 Å². The van der Waals surface area contributed by atoms with Crippen LogP contribution in [-0.4, -0.2) is 209 Å². The van der Waals surface area contributed by atoms with Crippen LogP contribution in [0.4, 0.5) is 0 Å². The molecule has 8 saturated carbocycles. The molecule has 0 heterocycles. The number of benzene rings is 4. The van der Waals surface area contributed by atoms with Gasteiger partial charge in [0.15, 0.2) is 26.4 Å². The highest BCUT2D eigenvalue weighted by molar-refractivity contribution is 5.75. The van der Waals surface area contributed by atoms with E-state index < -0.39 is 59.6 Å². The molecule has 4 aromatic carbocycles. The first-order valence-corrected chi connectivity index (χ1v) is 54.4. The van der Waals surface area contributed by atoms with Crippen molar-refractivity contribution in [3.8, 4) is 23.0 Å². The smallest absolute Gasteiger partial charge is 0.344 e. The summed E-state index contributed by atoms with van der Waals surface area (Å²) in [5, 5.41) is 121. The molecule has 16 rings (SSSR count). The summed E-state index contributed by atoms with van der Waals surface area (Å²) in [6.45, 7) is 8.19. The summed E-state index contributed by atoms with van der Waals surface area (Å²) < 4.78 is 44.9. The van der Waals surface area contributed by atoms with Gasteiger partial charge in [-0.3, -0.25) is 19.2 Å². The molecule has 28 nitrogen and oxygen atoms in total. The molecule has 8 fully saturated rings. The zero-order valence-corrected chi connectivity index (χ0v) is 84.3. The average Bonchev–Trinajstić information content (AvgIpc) is 1.62. The second-order valence-electron chi connectivity index (χ2n) is 44.2. The van der Waals surface area contributed by atoms with Crippen LogP contribution in [0, 0.1) is 101 Å². The van der Waals surface area contributed by atoms with E-state index in [1.807, 2.05) is 48.5 Å². The van der Waals surface area contributed by atoms with E-state index in [1.165, 1.54) is 22.3 Å². The van der Waals surface area contributed by atoms with Crippen molar-refractivity contribution in [3.05, 3.63) is 117 Å². The number of carbonyl (C=O) groups excluding carboxylic acids is 4. The fourth-order valence-corrected chi connectivity index (χ4v) is 25.8. The molecular formula is C114H164O28. The average molecular weight is 1980 g/mol. The minimum absolute atomic E-state index is 0.0882. The maximum atomic E-state index is 12.3. The Balaban J connectivity index is 0.000000159. The Labute approximate surface area is 838 Å². The van der Waals surface area contributed by atoms with Gasteiger partial charge in [-0.15, -0.1) is 0 Å². The summed E-state index contributed by atoms with van der Waals surface area (Å²) in [5.74, 6) is 0.791. The minimum atomic E-state index is -0.842. The molecule has 4 aromatic rings. The maximum absolute atomic E-state index is 12.3. The van der Waals surface area contributed by atoms with Gasteiger partial charge in [-0.25, -0.2) is 19.2 Å². The summed E-state index contributed by atoms with van der Waals surface area (Å²) in [6.07, 6.45) is 33.8. The van der Waals surface area contributed by atoms with Crippen molar-refractivity contribution < 1.29 is 138 Å². The van der Waals surface area contributed by atoms with Gasteiger partial charge in [-0.1, -0.05) is 153 Å². The maximum Gasteiger partial charge on any atom is 0.344 e. The summed E-state index contributed by atoms with van der Waals surface area (Å²) in [7, 11) is 0. The number of ether oxygens (including phenoxy) is 8.